The van der Waals surface area contributed by atoms with Gasteiger partial charge in [0.1, 0.15) is 5.82 Å². The van der Waals surface area contributed by atoms with E-state index in [0.717, 1.165) is 5.56 Å². The summed E-state index contributed by atoms with van der Waals surface area (Å²) in [5, 5.41) is 2.56. The molecule has 3 rings (SSSR count). The Morgan fingerprint density at radius 2 is 1.86 bits per heavy atom. The fourth-order valence-electron chi connectivity index (χ4n) is 2.24. The van der Waals surface area contributed by atoms with Crippen molar-refractivity contribution in [2.24, 2.45) is 0 Å². The number of halogens is 1. The average molecular weight is 320 g/mol. The maximum atomic E-state index is 14.0. The molecule has 0 radical (unpaired) electrons. The minimum Gasteiger partial charge on any atom is -0.325 e. The molecule has 0 saturated heterocycles. The van der Waals surface area contributed by atoms with E-state index in [1.807, 2.05) is 6.92 Å². The first kappa shape index (κ1) is 14.5. The molecule has 0 aliphatic carbocycles. The van der Waals surface area contributed by atoms with Crippen molar-refractivity contribution in [1.29, 1.82) is 0 Å². The number of nitrogens with one attached hydrogen (secondary N) is 2. The molecule has 0 unspecified atom stereocenters. The smallest absolute Gasteiger partial charge is 0.261 e. The van der Waals surface area contributed by atoms with E-state index in [4.69, 9.17) is 0 Å². The molecule has 2 aromatic carbocycles. The zero-order valence-corrected chi connectivity index (χ0v) is 12.5. The number of rotatable bonds is 3. The lowest BCUT2D eigenvalue weighted by Crippen LogP contribution is -2.14. The number of sulfonamides is 1. The Labute approximate surface area is 127 Å². The van der Waals surface area contributed by atoms with Crippen molar-refractivity contribution >= 4 is 27.3 Å². The fraction of sp³-hybridized carbons (Fsp3) is 0.133. The highest BCUT2D eigenvalue weighted by atomic mass is 32.2. The van der Waals surface area contributed by atoms with E-state index >= 15 is 0 Å². The van der Waals surface area contributed by atoms with Crippen molar-refractivity contribution in [3.05, 3.63) is 53.3 Å². The highest BCUT2D eigenvalue weighted by molar-refractivity contribution is 7.92. The summed E-state index contributed by atoms with van der Waals surface area (Å²) in [7, 11) is -3.89. The molecule has 0 spiro atoms. The standard InChI is InChI=1S/C15H13FN2O3S/c1-9-2-4-11(5-3-9)22(20,21)18-14-8-13-10(6-12(14)16)7-15(19)17-13/h2-6,8,18H,7H2,1H3,(H,17,19). The van der Waals surface area contributed by atoms with Gasteiger partial charge in [-0.25, -0.2) is 12.8 Å². The lowest BCUT2D eigenvalue weighted by molar-refractivity contribution is -0.115. The van der Waals surface area contributed by atoms with E-state index in [-0.39, 0.29) is 22.9 Å². The third-order valence-corrected chi connectivity index (χ3v) is 4.77. The van der Waals surface area contributed by atoms with Gasteiger partial charge in [-0.05, 0) is 36.8 Å². The van der Waals surface area contributed by atoms with Crippen LogP contribution in [0.25, 0.3) is 0 Å². The number of hydrogen-bond donors (Lipinski definition) is 2. The summed E-state index contributed by atoms with van der Waals surface area (Å²) in [5.74, 6) is -0.959. The van der Waals surface area contributed by atoms with Crippen LogP contribution in [0.5, 0.6) is 0 Å². The lowest BCUT2D eigenvalue weighted by atomic mass is 10.1. The molecule has 1 aliphatic heterocycles. The van der Waals surface area contributed by atoms with Crippen molar-refractivity contribution < 1.29 is 17.6 Å². The van der Waals surface area contributed by atoms with Crippen molar-refractivity contribution in [1.82, 2.24) is 0 Å². The van der Waals surface area contributed by atoms with E-state index in [1.54, 1.807) is 12.1 Å². The van der Waals surface area contributed by atoms with Crippen LogP contribution in [0, 0.1) is 12.7 Å². The Balaban J connectivity index is 1.95. The van der Waals surface area contributed by atoms with Crippen LogP contribution in [0.3, 0.4) is 0 Å². The molecule has 2 aromatic rings. The maximum absolute atomic E-state index is 14.0. The summed E-state index contributed by atoms with van der Waals surface area (Å²) >= 11 is 0. The second-order valence-corrected chi connectivity index (χ2v) is 6.82. The third-order valence-electron chi connectivity index (χ3n) is 3.39. The summed E-state index contributed by atoms with van der Waals surface area (Å²) in [6.45, 7) is 1.84. The average Bonchev–Trinajstić information content (AvgIpc) is 2.78. The molecule has 1 aliphatic rings. The van der Waals surface area contributed by atoms with Crippen molar-refractivity contribution in [2.45, 2.75) is 18.2 Å². The molecule has 7 heteroatoms. The first-order chi connectivity index (χ1) is 10.3. The van der Waals surface area contributed by atoms with Gasteiger partial charge in [0.2, 0.25) is 5.91 Å². The minimum absolute atomic E-state index is 0.0436. The SMILES string of the molecule is Cc1ccc(S(=O)(=O)Nc2cc3c(cc2F)CC(=O)N3)cc1. The number of benzene rings is 2. The molecule has 1 amide bonds. The predicted molar refractivity (Wildman–Crippen MR) is 80.7 cm³/mol. The second kappa shape index (κ2) is 5.10. The molecule has 1 heterocycles. The van der Waals surface area contributed by atoms with Gasteiger partial charge in [-0.15, -0.1) is 0 Å². The Morgan fingerprint density at radius 1 is 1.18 bits per heavy atom. The van der Waals surface area contributed by atoms with Crippen LogP contribution in [0.4, 0.5) is 15.8 Å². The third kappa shape index (κ3) is 2.67. The van der Waals surface area contributed by atoms with Gasteiger partial charge in [0.15, 0.2) is 0 Å². The molecule has 5 nitrogen and oxygen atoms in total. The molecule has 0 aromatic heterocycles. The van der Waals surface area contributed by atoms with Crippen LogP contribution in [-0.2, 0) is 21.2 Å². The number of carbonyl (C=O) groups excluding carboxylic acids is 1. The number of amides is 1. The molecule has 0 saturated carbocycles. The van der Waals surface area contributed by atoms with Gasteiger partial charge in [-0.3, -0.25) is 9.52 Å². The number of aryl methyl sites for hydroxylation is 1. The van der Waals surface area contributed by atoms with Crippen molar-refractivity contribution in [3.8, 4) is 0 Å². The van der Waals surface area contributed by atoms with E-state index in [1.165, 1.54) is 24.3 Å². The quantitative estimate of drug-likeness (QED) is 0.912. The molecule has 114 valence electrons. The van der Waals surface area contributed by atoms with Gasteiger partial charge >= 0.3 is 0 Å². The fourth-order valence-corrected chi connectivity index (χ4v) is 3.30. The van der Waals surface area contributed by atoms with Crippen molar-refractivity contribution in [3.63, 3.8) is 0 Å². The highest BCUT2D eigenvalue weighted by Gasteiger charge is 2.22. The number of fused-ring (bicyclic) bond motifs is 1. The Hall–Kier alpha value is -2.41. The zero-order chi connectivity index (χ0) is 15.9. The van der Waals surface area contributed by atoms with E-state index < -0.39 is 15.8 Å². The number of anilines is 2. The molecule has 22 heavy (non-hydrogen) atoms. The second-order valence-electron chi connectivity index (χ2n) is 5.13. The minimum atomic E-state index is -3.89. The molecule has 0 bridgehead atoms. The predicted octanol–water partition coefficient (Wildman–Crippen LogP) is 2.43. The number of hydrogen-bond acceptors (Lipinski definition) is 3. The van der Waals surface area contributed by atoms with Gasteiger partial charge in [-0.1, -0.05) is 17.7 Å². The van der Waals surface area contributed by atoms with E-state index in [9.17, 15) is 17.6 Å². The van der Waals surface area contributed by atoms with E-state index in [0.29, 0.717) is 11.3 Å². The first-order valence-electron chi connectivity index (χ1n) is 6.57. The highest BCUT2D eigenvalue weighted by Crippen LogP contribution is 2.30. The van der Waals surface area contributed by atoms with Gasteiger partial charge in [-0.2, -0.15) is 0 Å². The molecule has 0 atom stereocenters. The summed E-state index contributed by atoms with van der Waals surface area (Å²) in [6, 6.07) is 8.68. The zero-order valence-electron chi connectivity index (χ0n) is 11.7. The normalized spacial score (nSPS) is 13.6. The van der Waals surface area contributed by atoms with Crippen LogP contribution >= 0.6 is 0 Å². The van der Waals surface area contributed by atoms with Gasteiger partial charge in [0.05, 0.1) is 17.0 Å². The van der Waals surface area contributed by atoms with Gasteiger partial charge < -0.3 is 5.32 Å². The molecular weight excluding hydrogens is 307 g/mol. The largest absolute Gasteiger partial charge is 0.325 e. The summed E-state index contributed by atoms with van der Waals surface area (Å²) < 4.78 is 40.8. The van der Waals surface area contributed by atoms with Crippen LogP contribution in [-0.4, -0.2) is 14.3 Å². The Morgan fingerprint density at radius 3 is 2.55 bits per heavy atom. The van der Waals surface area contributed by atoms with Crippen LogP contribution in [0.2, 0.25) is 0 Å². The van der Waals surface area contributed by atoms with Crippen LogP contribution in [0.1, 0.15) is 11.1 Å². The monoisotopic (exact) mass is 320 g/mol. The summed E-state index contributed by atoms with van der Waals surface area (Å²) in [5.41, 5.74) is 1.67. The number of carbonyl (C=O) groups is 1. The summed E-state index contributed by atoms with van der Waals surface area (Å²) in [4.78, 5) is 11.3. The lowest BCUT2D eigenvalue weighted by Gasteiger charge is -2.11. The van der Waals surface area contributed by atoms with Gasteiger partial charge in [0, 0.05) is 5.69 Å². The first-order valence-corrected chi connectivity index (χ1v) is 8.05. The van der Waals surface area contributed by atoms with Gasteiger partial charge in [0.25, 0.3) is 10.0 Å². The Kier molecular flexibility index (Phi) is 3.37. The van der Waals surface area contributed by atoms with Crippen molar-refractivity contribution in [2.75, 3.05) is 10.0 Å². The Bertz CT molecular complexity index is 861. The molecule has 2 N–H and O–H groups in total. The topological polar surface area (TPSA) is 75.3 Å². The molecular formula is C15H13FN2O3S. The van der Waals surface area contributed by atoms with Crippen LogP contribution < -0.4 is 10.0 Å². The molecule has 0 fully saturated rings. The van der Waals surface area contributed by atoms with E-state index in [2.05, 4.69) is 10.0 Å². The van der Waals surface area contributed by atoms with Crippen LogP contribution in [0.15, 0.2) is 41.3 Å². The summed E-state index contributed by atoms with van der Waals surface area (Å²) in [6.07, 6.45) is 0.0945. The maximum Gasteiger partial charge on any atom is 0.261 e.